The summed E-state index contributed by atoms with van der Waals surface area (Å²) in [5.41, 5.74) is 2.42. The van der Waals surface area contributed by atoms with Crippen molar-refractivity contribution in [3.8, 4) is 18.0 Å². The van der Waals surface area contributed by atoms with Gasteiger partial charge in [-0.25, -0.2) is 4.98 Å². The highest BCUT2D eigenvalue weighted by Gasteiger charge is 2.29. The van der Waals surface area contributed by atoms with Crippen LogP contribution in [0, 0.1) is 28.6 Å². The van der Waals surface area contributed by atoms with Crippen LogP contribution in [-0.2, 0) is 0 Å². The summed E-state index contributed by atoms with van der Waals surface area (Å²) in [4.78, 5) is 4.13. The Morgan fingerprint density at radius 3 is 2.43 bits per heavy atom. The average molecular weight is 304 g/mol. The Morgan fingerprint density at radius 1 is 1.04 bits per heavy atom. The normalized spacial score (nSPS) is 19.7. The maximum atomic E-state index is 8.88. The van der Waals surface area contributed by atoms with Gasteiger partial charge in [0.15, 0.2) is 0 Å². The molecule has 0 radical (unpaired) electrons. The van der Waals surface area contributed by atoms with Gasteiger partial charge in [-0.3, -0.25) is 0 Å². The van der Waals surface area contributed by atoms with Crippen molar-refractivity contribution in [1.29, 1.82) is 10.5 Å². The largest absolute Gasteiger partial charge is 0.477 e. The van der Waals surface area contributed by atoms with Gasteiger partial charge in [0.25, 0.3) is 0 Å². The van der Waals surface area contributed by atoms with Crippen LogP contribution in [0.3, 0.4) is 0 Å². The Balaban J connectivity index is 1.64. The highest BCUT2D eigenvalue weighted by Crippen LogP contribution is 2.28. The van der Waals surface area contributed by atoms with E-state index in [4.69, 9.17) is 15.3 Å². The lowest BCUT2D eigenvalue weighted by atomic mass is 9.89. The van der Waals surface area contributed by atoms with Crippen molar-refractivity contribution in [1.82, 2.24) is 10.3 Å². The lowest BCUT2D eigenvalue weighted by Crippen LogP contribution is -2.19. The van der Waals surface area contributed by atoms with Crippen molar-refractivity contribution in [3.05, 3.63) is 59.3 Å². The number of rotatable bonds is 4. The zero-order valence-electron chi connectivity index (χ0n) is 12.6. The first-order chi connectivity index (χ1) is 11.3. The molecule has 1 unspecified atom stereocenters. The molecule has 1 aliphatic rings. The number of aromatic nitrogens is 1. The van der Waals surface area contributed by atoms with E-state index in [1.807, 2.05) is 30.3 Å². The predicted octanol–water partition coefficient (Wildman–Crippen LogP) is 2.21. The molecule has 5 heteroatoms. The first kappa shape index (κ1) is 15.0. The fourth-order valence-corrected chi connectivity index (χ4v) is 2.83. The molecular weight excluding hydrogens is 288 g/mol. The average Bonchev–Trinajstić information content (AvgIpc) is 3.09. The van der Waals surface area contributed by atoms with E-state index >= 15 is 0 Å². The van der Waals surface area contributed by atoms with Gasteiger partial charge in [0.2, 0.25) is 5.88 Å². The standard InChI is InChI=1S/C18H16N4O/c19-7-13-1-4-15(5-2-13)17-11-21-10-16(17)12-23-18-6-3-14(8-20)9-22-18/h1-6,9,16-17,21H,10-12H2/t16?,17-/m1/s1. The predicted molar refractivity (Wildman–Crippen MR) is 84.7 cm³/mol. The van der Waals surface area contributed by atoms with Gasteiger partial charge < -0.3 is 10.1 Å². The summed E-state index contributed by atoms with van der Waals surface area (Å²) in [5, 5.41) is 21.0. The van der Waals surface area contributed by atoms with Crippen molar-refractivity contribution in [2.24, 2.45) is 5.92 Å². The molecule has 1 N–H and O–H groups in total. The fraction of sp³-hybridized carbons (Fsp3) is 0.278. The molecule has 3 rings (SSSR count). The number of hydrogen-bond donors (Lipinski definition) is 1. The lowest BCUT2D eigenvalue weighted by molar-refractivity contribution is 0.240. The van der Waals surface area contributed by atoms with Crippen LogP contribution < -0.4 is 10.1 Å². The topological polar surface area (TPSA) is 81.7 Å². The summed E-state index contributed by atoms with van der Waals surface area (Å²) < 4.78 is 5.77. The maximum absolute atomic E-state index is 8.88. The van der Waals surface area contributed by atoms with Gasteiger partial charge in [-0.15, -0.1) is 0 Å². The molecule has 114 valence electrons. The van der Waals surface area contributed by atoms with E-state index in [1.165, 1.54) is 11.8 Å². The van der Waals surface area contributed by atoms with Gasteiger partial charge in [-0.1, -0.05) is 12.1 Å². The van der Waals surface area contributed by atoms with Crippen LogP contribution in [0.15, 0.2) is 42.6 Å². The minimum Gasteiger partial charge on any atom is -0.477 e. The van der Waals surface area contributed by atoms with Crippen LogP contribution in [0.4, 0.5) is 0 Å². The zero-order chi connectivity index (χ0) is 16.1. The van der Waals surface area contributed by atoms with Gasteiger partial charge in [-0.2, -0.15) is 10.5 Å². The molecule has 1 saturated heterocycles. The fourth-order valence-electron chi connectivity index (χ4n) is 2.83. The Bertz CT molecular complexity index is 741. The van der Waals surface area contributed by atoms with Crippen molar-refractivity contribution < 1.29 is 4.74 Å². The van der Waals surface area contributed by atoms with Crippen molar-refractivity contribution >= 4 is 0 Å². The van der Waals surface area contributed by atoms with Crippen LogP contribution >= 0.6 is 0 Å². The summed E-state index contributed by atoms with van der Waals surface area (Å²) >= 11 is 0. The van der Waals surface area contributed by atoms with Crippen LogP contribution in [0.25, 0.3) is 0 Å². The molecular formula is C18H16N4O. The van der Waals surface area contributed by atoms with Gasteiger partial charge >= 0.3 is 0 Å². The van der Waals surface area contributed by atoms with E-state index in [0.717, 1.165) is 13.1 Å². The molecule has 2 heterocycles. The number of nitrogens with zero attached hydrogens (tertiary/aromatic N) is 3. The molecule has 1 aromatic heterocycles. The molecule has 1 aliphatic heterocycles. The molecule has 0 amide bonds. The second-order valence-electron chi connectivity index (χ2n) is 5.57. The van der Waals surface area contributed by atoms with Crippen molar-refractivity contribution in [2.75, 3.05) is 19.7 Å². The molecule has 0 spiro atoms. The molecule has 1 fully saturated rings. The summed E-state index contributed by atoms with van der Waals surface area (Å²) in [6, 6.07) is 15.3. The first-order valence-corrected chi connectivity index (χ1v) is 7.50. The number of nitriles is 2. The Hall–Kier alpha value is -2.89. The number of hydrogen-bond acceptors (Lipinski definition) is 5. The Morgan fingerprint density at radius 2 is 1.78 bits per heavy atom. The lowest BCUT2D eigenvalue weighted by Gasteiger charge is -2.19. The smallest absolute Gasteiger partial charge is 0.213 e. The SMILES string of the molecule is N#Cc1ccc([C@H]2CNCC2COc2ccc(C#N)cn2)cc1. The summed E-state index contributed by atoms with van der Waals surface area (Å²) in [6.45, 7) is 2.36. The van der Waals surface area contributed by atoms with Crippen molar-refractivity contribution in [3.63, 3.8) is 0 Å². The Labute approximate surface area is 135 Å². The molecule has 2 aromatic rings. The highest BCUT2D eigenvalue weighted by atomic mass is 16.5. The second-order valence-corrected chi connectivity index (χ2v) is 5.57. The molecule has 5 nitrogen and oxygen atoms in total. The van der Waals surface area contributed by atoms with E-state index < -0.39 is 0 Å². The molecule has 0 aliphatic carbocycles. The number of benzene rings is 1. The zero-order valence-corrected chi connectivity index (χ0v) is 12.6. The molecule has 23 heavy (non-hydrogen) atoms. The van der Waals surface area contributed by atoms with Crippen LogP contribution in [0.1, 0.15) is 22.6 Å². The van der Waals surface area contributed by atoms with Gasteiger partial charge in [0.1, 0.15) is 6.07 Å². The van der Waals surface area contributed by atoms with E-state index in [9.17, 15) is 0 Å². The van der Waals surface area contributed by atoms with E-state index in [2.05, 4.69) is 16.4 Å². The van der Waals surface area contributed by atoms with Gasteiger partial charge in [0, 0.05) is 37.2 Å². The molecule has 2 atom stereocenters. The quantitative estimate of drug-likeness (QED) is 0.936. The third-order valence-corrected chi connectivity index (χ3v) is 4.12. The maximum Gasteiger partial charge on any atom is 0.213 e. The monoisotopic (exact) mass is 304 g/mol. The second kappa shape index (κ2) is 6.91. The van der Waals surface area contributed by atoms with Crippen LogP contribution in [0.5, 0.6) is 5.88 Å². The molecule has 1 aromatic carbocycles. The third-order valence-electron chi connectivity index (χ3n) is 4.12. The van der Waals surface area contributed by atoms with Crippen molar-refractivity contribution in [2.45, 2.75) is 5.92 Å². The minimum atomic E-state index is 0.348. The minimum absolute atomic E-state index is 0.348. The van der Waals surface area contributed by atoms with E-state index in [-0.39, 0.29) is 0 Å². The van der Waals surface area contributed by atoms with E-state index in [1.54, 1.807) is 12.1 Å². The highest BCUT2D eigenvalue weighted by molar-refractivity contribution is 5.34. The summed E-state index contributed by atoms with van der Waals surface area (Å²) in [6.07, 6.45) is 1.51. The van der Waals surface area contributed by atoms with Gasteiger partial charge in [-0.05, 0) is 23.8 Å². The van der Waals surface area contributed by atoms with E-state index in [0.29, 0.717) is 35.4 Å². The summed E-state index contributed by atoms with van der Waals surface area (Å²) in [7, 11) is 0. The Kier molecular flexibility index (Phi) is 4.52. The van der Waals surface area contributed by atoms with Crippen LogP contribution in [-0.4, -0.2) is 24.7 Å². The number of nitrogens with one attached hydrogen (secondary N) is 1. The van der Waals surface area contributed by atoms with Gasteiger partial charge in [0.05, 0.1) is 23.8 Å². The third kappa shape index (κ3) is 3.48. The number of pyridine rings is 1. The summed E-state index contributed by atoms with van der Waals surface area (Å²) in [5.74, 6) is 1.25. The van der Waals surface area contributed by atoms with Crippen LogP contribution in [0.2, 0.25) is 0 Å². The molecule has 0 saturated carbocycles. The molecule has 0 bridgehead atoms. The number of ether oxygens (including phenoxy) is 1. The first-order valence-electron chi connectivity index (χ1n) is 7.50.